The van der Waals surface area contributed by atoms with E-state index >= 15 is 0 Å². The maximum Gasteiger partial charge on any atom is 0.248 e. The molecule has 0 rings (SSSR count). The summed E-state index contributed by atoms with van der Waals surface area (Å²) >= 11 is 4.00. The molecule has 0 fully saturated rings. The summed E-state index contributed by atoms with van der Waals surface area (Å²) in [6.07, 6.45) is 0. The molecule has 0 radical (unpaired) electrons. The van der Waals surface area contributed by atoms with E-state index in [9.17, 15) is 4.79 Å². The standard InChI is InChI=1S/C7H13NOS/c1-6(2)7(9)8(3)4-5-10/h10H,1,4-5H2,2-3H3. The van der Waals surface area contributed by atoms with Gasteiger partial charge in [0.25, 0.3) is 0 Å². The van der Waals surface area contributed by atoms with Crippen molar-refractivity contribution in [3.05, 3.63) is 12.2 Å². The van der Waals surface area contributed by atoms with Gasteiger partial charge < -0.3 is 4.90 Å². The fourth-order valence-electron chi connectivity index (χ4n) is 0.577. The number of hydrogen-bond acceptors (Lipinski definition) is 2. The van der Waals surface area contributed by atoms with Crippen molar-refractivity contribution < 1.29 is 4.79 Å². The molecule has 0 saturated heterocycles. The lowest BCUT2D eigenvalue weighted by Gasteiger charge is -2.14. The second-order valence-corrected chi connectivity index (χ2v) is 2.68. The minimum atomic E-state index is -0.00551. The van der Waals surface area contributed by atoms with Crippen LogP contribution in [0.4, 0.5) is 0 Å². The zero-order chi connectivity index (χ0) is 8.15. The van der Waals surface area contributed by atoms with Gasteiger partial charge in [-0.2, -0.15) is 12.6 Å². The van der Waals surface area contributed by atoms with Gasteiger partial charge in [-0.1, -0.05) is 6.58 Å². The van der Waals surface area contributed by atoms with Crippen molar-refractivity contribution in [2.45, 2.75) is 6.92 Å². The Kier molecular flexibility index (Phi) is 4.19. The zero-order valence-corrected chi connectivity index (χ0v) is 7.32. The van der Waals surface area contributed by atoms with Gasteiger partial charge in [0.2, 0.25) is 5.91 Å². The molecule has 0 heterocycles. The van der Waals surface area contributed by atoms with Crippen LogP contribution in [0.2, 0.25) is 0 Å². The molecule has 0 aliphatic heterocycles. The lowest BCUT2D eigenvalue weighted by atomic mass is 10.3. The van der Waals surface area contributed by atoms with E-state index in [0.717, 1.165) is 0 Å². The molecule has 0 aromatic heterocycles. The van der Waals surface area contributed by atoms with Crippen LogP contribution >= 0.6 is 12.6 Å². The normalized spacial score (nSPS) is 9.10. The summed E-state index contributed by atoms with van der Waals surface area (Å²) in [6.45, 7) is 5.92. The van der Waals surface area contributed by atoms with Crippen LogP contribution in [0, 0.1) is 0 Å². The van der Waals surface area contributed by atoms with E-state index in [2.05, 4.69) is 19.2 Å². The molecule has 0 aliphatic rings. The van der Waals surface area contributed by atoms with Gasteiger partial charge in [-0.3, -0.25) is 4.79 Å². The second kappa shape index (κ2) is 4.39. The average Bonchev–Trinajstić information content (AvgIpc) is 1.87. The van der Waals surface area contributed by atoms with Crippen molar-refractivity contribution in [3.8, 4) is 0 Å². The molecule has 0 unspecified atom stereocenters. The van der Waals surface area contributed by atoms with Gasteiger partial charge in [0.05, 0.1) is 0 Å². The molecular formula is C7H13NOS. The number of hydrogen-bond donors (Lipinski definition) is 1. The number of amides is 1. The number of nitrogens with zero attached hydrogens (tertiary/aromatic N) is 1. The molecule has 0 saturated carbocycles. The lowest BCUT2D eigenvalue weighted by molar-refractivity contribution is -0.125. The van der Waals surface area contributed by atoms with Gasteiger partial charge in [-0.05, 0) is 6.92 Å². The minimum absolute atomic E-state index is 0.00551. The van der Waals surface area contributed by atoms with Crippen molar-refractivity contribution in [3.63, 3.8) is 0 Å². The van der Waals surface area contributed by atoms with Crippen LogP contribution in [-0.2, 0) is 4.79 Å². The molecule has 0 aliphatic carbocycles. The lowest BCUT2D eigenvalue weighted by Crippen LogP contribution is -2.28. The summed E-state index contributed by atoms with van der Waals surface area (Å²) in [4.78, 5) is 12.6. The molecular weight excluding hydrogens is 146 g/mol. The summed E-state index contributed by atoms with van der Waals surface area (Å²) in [5, 5.41) is 0. The Morgan fingerprint density at radius 3 is 2.50 bits per heavy atom. The zero-order valence-electron chi connectivity index (χ0n) is 6.42. The van der Waals surface area contributed by atoms with Crippen molar-refractivity contribution in [1.82, 2.24) is 4.90 Å². The molecule has 0 spiro atoms. The highest BCUT2D eigenvalue weighted by molar-refractivity contribution is 7.80. The third-order valence-corrected chi connectivity index (χ3v) is 1.35. The Labute approximate surface area is 67.3 Å². The fourth-order valence-corrected chi connectivity index (χ4v) is 0.877. The third kappa shape index (κ3) is 2.92. The summed E-state index contributed by atoms with van der Waals surface area (Å²) in [6, 6.07) is 0. The van der Waals surface area contributed by atoms with Gasteiger partial charge in [0.15, 0.2) is 0 Å². The first-order chi connectivity index (χ1) is 4.59. The molecule has 0 aromatic carbocycles. The van der Waals surface area contributed by atoms with E-state index in [1.807, 2.05) is 0 Å². The Morgan fingerprint density at radius 2 is 2.20 bits per heavy atom. The predicted molar refractivity (Wildman–Crippen MR) is 46.3 cm³/mol. The highest BCUT2D eigenvalue weighted by Crippen LogP contribution is 1.94. The third-order valence-electron chi connectivity index (χ3n) is 1.15. The maximum atomic E-state index is 11.0. The largest absolute Gasteiger partial charge is 0.341 e. The number of likely N-dealkylation sites (N-methyl/N-ethyl adjacent to an activating group) is 1. The second-order valence-electron chi connectivity index (χ2n) is 2.23. The van der Waals surface area contributed by atoms with Crippen molar-refractivity contribution >= 4 is 18.5 Å². The van der Waals surface area contributed by atoms with Crippen molar-refractivity contribution in [2.75, 3.05) is 19.3 Å². The van der Waals surface area contributed by atoms with Gasteiger partial charge in [0.1, 0.15) is 0 Å². The van der Waals surface area contributed by atoms with Crippen molar-refractivity contribution in [2.24, 2.45) is 0 Å². The average molecular weight is 159 g/mol. The van der Waals surface area contributed by atoms with E-state index < -0.39 is 0 Å². The van der Waals surface area contributed by atoms with Gasteiger partial charge in [-0.25, -0.2) is 0 Å². The molecule has 0 bridgehead atoms. The first kappa shape index (κ1) is 9.56. The highest BCUT2D eigenvalue weighted by atomic mass is 32.1. The first-order valence-electron chi connectivity index (χ1n) is 3.11. The molecule has 0 N–H and O–H groups in total. The molecule has 3 heteroatoms. The molecule has 0 atom stereocenters. The summed E-state index contributed by atoms with van der Waals surface area (Å²) < 4.78 is 0. The number of carbonyl (C=O) groups excluding carboxylic acids is 1. The van der Waals surface area contributed by atoms with Gasteiger partial charge in [0, 0.05) is 24.9 Å². The van der Waals surface area contributed by atoms with Crippen molar-refractivity contribution in [1.29, 1.82) is 0 Å². The van der Waals surface area contributed by atoms with E-state index in [1.54, 1.807) is 18.9 Å². The van der Waals surface area contributed by atoms with E-state index in [1.165, 1.54) is 0 Å². The number of thiol groups is 1. The van der Waals surface area contributed by atoms with Gasteiger partial charge >= 0.3 is 0 Å². The monoisotopic (exact) mass is 159 g/mol. The van der Waals surface area contributed by atoms with Crippen LogP contribution in [0.5, 0.6) is 0 Å². The number of carbonyl (C=O) groups is 1. The SMILES string of the molecule is C=C(C)C(=O)N(C)CCS. The van der Waals surface area contributed by atoms with E-state index in [0.29, 0.717) is 17.9 Å². The van der Waals surface area contributed by atoms with Crippen LogP contribution in [0.3, 0.4) is 0 Å². The smallest absolute Gasteiger partial charge is 0.248 e. The van der Waals surface area contributed by atoms with Crippen LogP contribution in [-0.4, -0.2) is 30.2 Å². The van der Waals surface area contributed by atoms with E-state index in [-0.39, 0.29) is 5.91 Å². The Hall–Kier alpha value is -0.440. The Balaban J connectivity index is 3.82. The van der Waals surface area contributed by atoms with Crippen LogP contribution in [0.25, 0.3) is 0 Å². The molecule has 2 nitrogen and oxygen atoms in total. The number of rotatable bonds is 3. The predicted octanol–water partition coefficient (Wildman–Crippen LogP) is 0.951. The topological polar surface area (TPSA) is 20.3 Å². The minimum Gasteiger partial charge on any atom is -0.341 e. The first-order valence-corrected chi connectivity index (χ1v) is 3.74. The Morgan fingerprint density at radius 1 is 1.70 bits per heavy atom. The molecule has 10 heavy (non-hydrogen) atoms. The van der Waals surface area contributed by atoms with Gasteiger partial charge in [-0.15, -0.1) is 0 Å². The maximum absolute atomic E-state index is 11.0. The van der Waals surface area contributed by atoms with Crippen LogP contribution in [0.15, 0.2) is 12.2 Å². The quantitative estimate of drug-likeness (QED) is 0.480. The summed E-state index contributed by atoms with van der Waals surface area (Å²) in [5.74, 6) is 0.684. The summed E-state index contributed by atoms with van der Waals surface area (Å²) in [5.41, 5.74) is 0.573. The highest BCUT2D eigenvalue weighted by Gasteiger charge is 2.06. The molecule has 0 aromatic rings. The molecule has 1 amide bonds. The Bertz CT molecular complexity index is 145. The molecule has 58 valence electrons. The fraction of sp³-hybridized carbons (Fsp3) is 0.571. The van der Waals surface area contributed by atoms with E-state index in [4.69, 9.17) is 0 Å². The summed E-state index contributed by atoms with van der Waals surface area (Å²) in [7, 11) is 1.74. The van der Waals surface area contributed by atoms with Crippen LogP contribution < -0.4 is 0 Å². The van der Waals surface area contributed by atoms with Crippen LogP contribution in [0.1, 0.15) is 6.92 Å².